The van der Waals surface area contributed by atoms with Crippen molar-refractivity contribution >= 4 is 17.4 Å². The number of nitrogens with zero attached hydrogens (tertiary/aromatic N) is 2. The van der Waals surface area contributed by atoms with Gasteiger partial charge in [-0.25, -0.2) is 14.4 Å². The molecule has 0 saturated carbocycles. The Balaban J connectivity index is 1.58. The highest BCUT2D eigenvalue weighted by Crippen LogP contribution is 2.24. The van der Waals surface area contributed by atoms with Crippen molar-refractivity contribution in [3.05, 3.63) is 83.1 Å². The quantitative estimate of drug-likeness (QED) is 0.647. The number of benzene rings is 2. The molecule has 1 amide bonds. The second-order valence-corrected chi connectivity index (χ2v) is 6.51. The Kier molecular flexibility index (Phi) is 6.32. The van der Waals surface area contributed by atoms with E-state index in [1.165, 1.54) is 23.9 Å². The minimum Gasteiger partial charge on any atom is -0.350 e. The Morgan fingerprint density at radius 3 is 2.54 bits per heavy atom. The van der Waals surface area contributed by atoms with Crippen LogP contribution < -0.4 is 10.6 Å². The molecular formula is C22H23FN4O. The molecule has 0 fully saturated rings. The van der Waals surface area contributed by atoms with Gasteiger partial charge in [-0.05, 0) is 48.6 Å². The Labute approximate surface area is 164 Å². The Bertz CT molecular complexity index is 940. The average molecular weight is 378 g/mol. The summed E-state index contributed by atoms with van der Waals surface area (Å²) < 4.78 is 12.9. The van der Waals surface area contributed by atoms with E-state index in [0.29, 0.717) is 18.8 Å². The van der Waals surface area contributed by atoms with E-state index in [0.717, 1.165) is 23.2 Å². The number of rotatable bonds is 7. The van der Waals surface area contributed by atoms with Crippen LogP contribution in [0.3, 0.4) is 0 Å². The summed E-state index contributed by atoms with van der Waals surface area (Å²) in [6, 6.07) is 12.4. The van der Waals surface area contributed by atoms with E-state index in [4.69, 9.17) is 0 Å². The molecule has 0 saturated heterocycles. The molecule has 2 aromatic carbocycles. The van der Waals surface area contributed by atoms with Crippen LogP contribution in [0.5, 0.6) is 0 Å². The summed E-state index contributed by atoms with van der Waals surface area (Å²) in [5, 5.41) is 6.09. The molecule has 0 radical (unpaired) electrons. The van der Waals surface area contributed by atoms with E-state index in [1.807, 2.05) is 19.1 Å². The normalized spacial score (nSPS) is 10.5. The molecule has 0 unspecified atom stereocenters. The predicted octanol–water partition coefficient (Wildman–Crippen LogP) is 4.20. The third-order valence-corrected chi connectivity index (χ3v) is 4.49. The zero-order valence-electron chi connectivity index (χ0n) is 16.0. The summed E-state index contributed by atoms with van der Waals surface area (Å²) in [7, 11) is 0. The first-order chi connectivity index (χ1) is 13.6. The molecule has 0 spiro atoms. The fraction of sp³-hybridized carbons (Fsp3) is 0.227. The maximum atomic E-state index is 12.9. The Hall–Kier alpha value is -3.28. The highest BCUT2D eigenvalue weighted by Gasteiger charge is 2.09. The Morgan fingerprint density at radius 2 is 1.86 bits per heavy atom. The summed E-state index contributed by atoms with van der Waals surface area (Å²) in [5.41, 5.74) is 4.56. The number of anilines is 2. The number of halogens is 1. The SMILES string of the molecule is CCc1cccc(C)c1Nc1cnc(C(=O)NCCc2ccc(F)cc2)cn1. The van der Waals surface area contributed by atoms with E-state index in [-0.39, 0.29) is 17.4 Å². The lowest BCUT2D eigenvalue weighted by Gasteiger charge is -2.13. The molecule has 28 heavy (non-hydrogen) atoms. The van der Waals surface area contributed by atoms with Crippen molar-refractivity contribution < 1.29 is 9.18 Å². The van der Waals surface area contributed by atoms with Crippen LogP contribution in [-0.2, 0) is 12.8 Å². The highest BCUT2D eigenvalue weighted by molar-refractivity contribution is 5.92. The van der Waals surface area contributed by atoms with Crippen molar-refractivity contribution in [3.63, 3.8) is 0 Å². The van der Waals surface area contributed by atoms with Crippen LogP contribution in [0.4, 0.5) is 15.9 Å². The molecule has 3 rings (SSSR count). The third kappa shape index (κ3) is 4.91. The standard InChI is InChI=1S/C22H23FN4O/c1-3-17-6-4-5-15(2)21(17)27-20-14-25-19(13-26-20)22(28)24-12-11-16-7-9-18(23)10-8-16/h4-10,13-14H,3,11-12H2,1-2H3,(H,24,28)(H,26,27). The van der Waals surface area contributed by atoms with Gasteiger partial charge < -0.3 is 10.6 Å². The molecule has 0 aliphatic rings. The van der Waals surface area contributed by atoms with Gasteiger partial charge in [-0.2, -0.15) is 0 Å². The van der Waals surface area contributed by atoms with E-state index in [1.54, 1.807) is 18.3 Å². The predicted molar refractivity (Wildman–Crippen MR) is 108 cm³/mol. The summed E-state index contributed by atoms with van der Waals surface area (Å²) in [4.78, 5) is 20.7. The molecule has 1 heterocycles. The number of aromatic nitrogens is 2. The van der Waals surface area contributed by atoms with E-state index >= 15 is 0 Å². The number of carbonyl (C=O) groups excluding carboxylic acids is 1. The maximum absolute atomic E-state index is 12.9. The van der Waals surface area contributed by atoms with Crippen LogP contribution in [0.25, 0.3) is 0 Å². The number of amides is 1. The topological polar surface area (TPSA) is 66.9 Å². The fourth-order valence-corrected chi connectivity index (χ4v) is 2.90. The van der Waals surface area contributed by atoms with Crippen molar-refractivity contribution in [2.75, 3.05) is 11.9 Å². The van der Waals surface area contributed by atoms with Crippen LogP contribution in [0.1, 0.15) is 34.1 Å². The van der Waals surface area contributed by atoms with Crippen LogP contribution in [0, 0.1) is 12.7 Å². The summed E-state index contributed by atoms with van der Waals surface area (Å²) >= 11 is 0. The number of hydrogen-bond donors (Lipinski definition) is 2. The maximum Gasteiger partial charge on any atom is 0.271 e. The van der Waals surface area contributed by atoms with Gasteiger partial charge in [0.15, 0.2) is 0 Å². The lowest BCUT2D eigenvalue weighted by Crippen LogP contribution is -2.26. The van der Waals surface area contributed by atoms with Crippen molar-refractivity contribution in [2.45, 2.75) is 26.7 Å². The first-order valence-corrected chi connectivity index (χ1v) is 9.27. The lowest BCUT2D eigenvalue weighted by atomic mass is 10.1. The van der Waals surface area contributed by atoms with Gasteiger partial charge in [0.25, 0.3) is 5.91 Å². The van der Waals surface area contributed by atoms with Crippen LogP contribution >= 0.6 is 0 Å². The largest absolute Gasteiger partial charge is 0.350 e. The van der Waals surface area contributed by atoms with Gasteiger partial charge >= 0.3 is 0 Å². The molecular weight excluding hydrogens is 355 g/mol. The van der Waals surface area contributed by atoms with Crippen LogP contribution in [0.15, 0.2) is 54.9 Å². The highest BCUT2D eigenvalue weighted by atomic mass is 19.1. The minimum atomic E-state index is -0.286. The van der Waals surface area contributed by atoms with Crippen molar-refractivity contribution in [3.8, 4) is 0 Å². The fourth-order valence-electron chi connectivity index (χ4n) is 2.90. The first kappa shape index (κ1) is 19.5. The average Bonchev–Trinajstić information content (AvgIpc) is 2.71. The monoisotopic (exact) mass is 378 g/mol. The van der Waals surface area contributed by atoms with Gasteiger partial charge in [0.2, 0.25) is 0 Å². The van der Waals surface area contributed by atoms with Gasteiger partial charge in [0, 0.05) is 12.2 Å². The molecule has 0 aliphatic heterocycles. The molecule has 0 bridgehead atoms. The molecule has 5 nitrogen and oxygen atoms in total. The minimum absolute atomic E-state index is 0.255. The molecule has 1 aromatic heterocycles. The smallest absolute Gasteiger partial charge is 0.271 e. The van der Waals surface area contributed by atoms with E-state index < -0.39 is 0 Å². The number of nitrogens with one attached hydrogen (secondary N) is 2. The molecule has 0 atom stereocenters. The number of aryl methyl sites for hydroxylation is 2. The van der Waals surface area contributed by atoms with Crippen LogP contribution in [-0.4, -0.2) is 22.4 Å². The molecule has 144 valence electrons. The van der Waals surface area contributed by atoms with Gasteiger partial charge in [-0.3, -0.25) is 4.79 Å². The summed E-state index contributed by atoms with van der Waals surface area (Å²) in [6.07, 6.45) is 4.54. The number of hydrogen-bond acceptors (Lipinski definition) is 4. The Morgan fingerprint density at radius 1 is 1.07 bits per heavy atom. The summed E-state index contributed by atoms with van der Waals surface area (Å²) in [5.74, 6) is 0.0340. The van der Waals surface area contributed by atoms with E-state index in [2.05, 4.69) is 33.6 Å². The van der Waals surface area contributed by atoms with Crippen LogP contribution in [0.2, 0.25) is 0 Å². The molecule has 6 heteroatoms. The van der Waals surface area contributed by atoms with Crippen molar-refractivity contribution in [1.82, 2.24) is 15.3 Å². The van der Waals surface area contributed by atoms with Gasteiger partial charge in [-0.1, -0.05) is 37.3 Å². The zero-order valence-corrected chi connectivity index (χ0v) is 16.0. The van der Waals surface area contributed by atoms with E-state index in [9.17, 15) is 9.18 Å². The third-order valence-electron chi connectivity index (χ3n) is 4.49. The number of carbonyl (C=O) groups is 1. The van der Waals surface area contributed by atoms with Gasteiger partial charge in [0.05, 0.1) is 12.4 Å². The van der Waals surface area contributed by atoms with Gasteiger partial charge in [0.1, 0.15) is 17.3 Å². The second kappa shape index (κ2) is 9.08. The lowest BCUT2D eigenvalue weighted by molar-refractivity contribution is 0.0949. The van der Waals surface area contributed by atoms with Crippen molar-refractivity contribution in [2.24, 2.45) is 0 Å². The summed E-state index contributed by atoms with van der Waals surface area (Å²) in [6.45, 7) is 4.58. The number of para-hydroxylation sites is 1. The second-order valence-electron chi connectivity index (χ2n) is 6.51. The molecule has 2 N–H and O–H groups in total. The van der Waals surface area contributed by atoms with Gasteiger partial charge in [-0.15, -0.1) is 0 Å². The molecule has 3 aromatic rings. The zero-order chi connectivity index (χ0) is 19.9. The molecule has 0 aliphatic carbocycles. The van der Waals surface area contributed by atoms with Crippen molar-refractivity contribution in [1.29, 1.82) is 0 Å². The first-order valence-electron chi connectivity index (χ1n) is 9.27.